The third-order valence-corrected chi connectivity index (χ3v) is 3.27. The molecule has 4 nitrogen and oxygen atoms in total. The van der Waals surface area contributed by atoms with E-state index in [1.807, 2.05) is 4.90 Å². The second-order valence-electron chi connectivity index (χ2n) is 4.96. The number of likely N-dealkylation sites (tertiary alicyclic amines) is 1. The van der Waals surface area contributed by atoms with Gasteiger partial charge in [-0.05, 0) is 25.0 Å². The zero-order chi connectivity index (χ0) is 15.5. The normalized spacial score (nSPS) is 17.6. The molecule has 0 radical (unpaired) electrons. The van der Waals surface area contributed by atoms with Gasteiger partial charge in [-0.1, -0.05) is 5.92 Å². The van der Waals surface area contributed by atoms with Gasteiger partial charge >= 0.3 is 6.36 Å². The zero-order valence-electron chi connectivity index (χ0n) is 11.4. The molecule has 0 aromatic carbocycles. The molecule has 0 bridgehead atoms. The first-order valence-corrected chi connectivity index (χ1v) is 6.55. The molecule has 1 fully saturated rings. The van der Waals surface area contributed by atoms with Crippen LogP contribution in [-0.2, 0) is 11.3 Å². The number of alkyl halides is 3. The summed E-state index contributed by atoms with van der Waals surface area (Å²) in [7, 11) is 0. The van der Waals surface area contributed by atoms with Crippen LogP contribution in [0.15, 0.2) is 12.1 Å². The maximum atomic E-state index is 12.1. The van der Waals surface area contributed by atoms with Gasteiger partial charge in [-0.15, -0.1) is 19.6 Å². The summed E-state index contributed by atoms with van der Waals surface area (Å²) in [6.07, 6.45) is 0.634. The molecule has 2 rings (SSSR count). The van der Waals surface area contributed by atoms with Crippen LogP contribution in [0.5, 0.6) is 0 Å². The van der Waals surface area contributed by atoms with Crippen molar-refractivity contribution < 1.29 is 17.9 Å². The van der Waals surface area contributed by atoms with Crippen molar-refractivity contribution in [3.8, 4) is 12.3 Å². The monoisotopic (exact) mass is 299 g/mol. The Kier molecular flexibility index (Phi) is 4.70. The summed E-state index contributed by atoms with van der Waals surface area (Å²) in [6.45, 7) is 1.55. The van der Waals surface area contributed by atoms with E-state index in [2.05, 4.69) is 15.6 Å². The van der Waals surface area contributed by atoms with Gasteiger partial charge < -0.3 is 5.73 Å². The molecule has 0 spiro atoms. The molecule has 21 heavy (non-hydrogen) atoms. The van der Waals surface area contributed by atoms with Gasteiger partial charge in [-0.2, -0.15) is 0 Å². The minimum absolute atomic E-state index is 0.337. The van der Waals surface area contributed by atoms with Gasteiger partial charge in [-0.25, -0.2) is 4.98 Å². The Morgan fingerprint density at radius 2 is 2.05 bits per heavy atom. The number of anilines is 1. The van der Waals surface area contributed by atoms with Crippen LogP contribution in [0.1, 0.15) is 24.2 Å². The number of pyridine rings is 1. The van der Waals surface area contributed by atoms with E-state index >= 15 is 0 Å². The fourth-order valence-corrected chi connectivity index (χ4v) is 2.37. The maximum Gasteiger partial charge on any atom is 0.522 e. The number of ether oxygens (including phenoxy) is 1. The van der Waals surface area contributed by atoms with Crippen molar-refractivity contribution in [2.45, 2.75) is 31.9 Å². The van der Waals surface area contributed by atoms with Crippen LogP contribution in [-0.4, -0.2) is 35.4 Å². The summed E-state index contributed by atoms with van der Waals surface area (Å²) in [6, 6.07) is 3.33. The summed E-state index contributed by atoms with van der Waals surface area (Å²) in [5.74, 6) is 2.42. The van der Waals surface area contributed by atoms with Crippen molar-refractivity contribution in [2.24, 2.45) is 0 Å². The summed E-state index contributed by atoms with van der Waals surface area (Å²) in [5.41, 5.74) is 7.44. The summed E-state index contributed by atoms with van der Waals surface area (Å²) >= 11 is 0. The molecule has 1 aromatic rings. The van der Waals surface area contributed by atoms with E-state index < -0.39 is 12.5 Å². The van der Waals surface area contributed by atoms with Crippen molar-refractivity contribution in [3.05, 3.63) is 23.5 Å². The standard InChI is InChI=1S/C14H16F3N3O/c1-2-11-7-10(18)8-12(19-11)9-20-5-3-13(4-6-20)21-14(15,16)17/h1,7-8,13H,3-6,9H2,(H2,18,19). The van der Waals surface area contributed by atoms with Gasteiger partial charge in [0, 0.05) is 25.3 Å². The molecule has 1 saturated heterocycles. The third kappa shape index (κ3) is 4.92. The highest BCUT2D eigenvalue weighted by Crippen LogP contribution is 2.25. The lowest BCUT2D eigenvalue weighted by atomic mass is 10.1. The van der Waals surface area contributed by atoms with Gasteiger partial charge in [0.1, 0.15) is 5.69 Å². The summed E-state index contributed by atoms with van der Waals surface area (Å²) in [5, 5.41) is 0. The average Bonchev–Trinajstić information content (AvgIpc) is 2.38. The number of hydrogen-bond donors (Lipinski definition) is 1. The number of nitrogen functional groups attached to an aromatic ring is 1. The van der Waals surface area contributed by atoms with Crippen molar-refractivity contribution in [1.82, 2.24) is 9.88 Å². The predicted molar refractivity (Wildman–Crippen MR) is 72.0 cm³/mol. The molecular weight excluding hydrogens is 283 g/mol. The molecule has 1 aromatic heterocycles. The predicted octanol–water partition coefficient (Wildman–Crippen LogP) is 2.15. The Bertz CT molecular complexity index is 531. The molecule has 114 valence electrons. The van der Waals surface area contributed by atoms with Gasteiger partial charge in [0.15, 0.2) is 0 Å². The largest absolute Gasteiger partial charge is 0.522 e. The zero-order valence-corrected chi connectivity index (χ0v) is 11.4. The van der Waals surface area contributed by atoms with Crippen molar-refractivity contribution >= 4 is 5.69 Å². The molecule has 0 aliphatic carbocycles. The molecule has 2 N–H and O–H groups in total. The number of piperidine rings is 1. The molecular formula is C14H16F3N3O. The number of terminal acetylenes is 1. The highest BCUT2D eigenvalue weighted by molar-refractivity contribution is 5.44. The van der Waals surface area contributed by atoms with Crippen LogP contribution >= 0.6 is 0 Å². The average molecular weight is 299 g/mol. The van der Waals surface area contributed by atoms with Crippen molar-refractivity contribution in [1.29, 1.82) is 0 Å². The lowest BCUT2D eigenvalue weighted by Crippen LogP contribution is -2.38. The fraction of sp³-hybridized carbons (Fsp3) is 0.500. The first-order chi connectivity index (χ1) is 9.85. The van der Waals surface area contributed by atoms with E-state index in [1.165, 1.54) is 0 Å². The number of nitrogens with two attached hydrogens (primary N) is 1. The smallest absolute Gasteiger partial charge is 0.399 e. The van der Waals surface area contributed by atoms with Crippen LogP contribution < -0.4 is 5.73 Å². The van der Waals surface area contributed by atoms with Gasteiger partial charge in [0.2, 0.25) is 0 Å². The second-order valence-corrected chi connectivity index (χ2v) is 4.96. The minimum atomic E-state index is -4.57. The third-order valence-electron chi connectivity index (χ3n) is 3.27. The van der Waals surface area contributed by atoms with Crippen molar-refractivity contribution in [2.75, 3.05) is 18.8 Å². The molecule has 0 atom stereocenters. The van der Waals surface area contributed by atoms with Crippen LogP contribution in [0.3, 0.4) is 0 Å². The Balaban J connectivity index is 1.89. The molecule has 2 heterocycles. The Morgan fingerprint density at radius 3 is 2.62 bits per heavy atom. The van der Waals surface area contributed by atoms with Crippen molar-refractivity contribution in [3.63, 3.8) is 0 Å². The number of aromatic nitrogens is 1. The van der Waals surface area contributed by atoms with Crippen LogP contribution in [0.2, 0.25) is 0 Å². The molecule has 1 aliphatic rings. The number of nitrogens with zero attached hydrogens (tertiary/aromatic N) is 2. The molecule has 7 heteroatoms. The van der Waals surface area contributed by atoms with Gasteiger partial charge in [0.05, 0.1) is 11.8 Å². The quantitative estimate of drug-likeness (QED) is 0.869. The lowest BCUT2D eigenvalue weighted by Gasteiger charge is -2.31. The molecule has 0 unspecified atom stereocenters. The first-order valence-electron chi connectivity index (χ1n) is 6.55. The van der Waals surface area contributed by atoms with E-state index in [0.29, 0.717) is 43.9 Å². The highest BCUT2D eigenvalue weighted by atomic mass is 19.4. The van der Waals surface area contributed by atoms with Gasteiger partial charge in [-0.3, -0.25) is 9.64 Å². The minimum Gasteiger partial charge on any atom is -0.399 e. The Labute approximate surface area is 121 Å². The number of halogens is 3. The van der Waals surface area contributed by atoms with Crippen LogP contribution in [0.25, 0.3) is 0 Å². The van der Waals surface area contributed by atoms with E-state index in [4.69, 9.17) is 12.2 Å². The molecule has 0 saturated carbocycles. The molecule has 0 amide bonds. The number of rotatable bonds is 3. The van der Waals surface area contributed by atoms with Crippen LogP contribution in [0.4, 0.5) is 18.9 Å². The number of hydrogen-bond acceptors (Lipinski definition) is 4. The highest BCUT2D eigenvalue weighted by Gasteiger charge is 2.34. The Hall–Kier alpha value is -1.78. The first kappa shape index (κ1) is 15.6. The second kappa shape index (κ2) is 6.33. The van der Waals surface area contributed by atoms with E-state index in [0.717, 1.165) is 5.69 Å². The summed E-state index contributed by atoms with van der Waals surface area (Å²) in [4.78, 5) is 6.27. The topological polar surface area (TPSA) is 51.4 Å². The fourth-order valence-electron chi connectivity index (χ4n) is 2.37. The van der Waals surface area contributed by atoms with Gasteiger partial charge in [0.25, 0.3) is 0 Å². The summed E-state index contributed by atoms with van der Waals surface area (Å²) < 4.78 is 40.4. The Morgan fingerprint density at radius 1 is 1.38 bits per heavy atom. The lowest BCUT2D eigenvalue weighted by molar-refractivity contribution is -0.345. The maximum absolute atomic E-state index is 12.1. The van der Waals surface area contributed by atoms with E-state index in [1.54, 1.807) is 12.1 Å². The van der Waals surface area contributed by atoms with E-state index in [9.17, 15) is 13.2 Å². The van der Waals surface area contributed by atoms with E-state index in [-0.39, 0.29) is 0 Å². The molecule has 1 aliphatic heterocycles. The SMILES string of the molecule is C#Cc1cc(N)cc(CN2CCC(OC(F)(F)F)CC2)n1. The van der Waals surface area contributed by atoms with Crippen LogP contribution in [0, 0.1) is 12.3 Å².